The number of amides is 1. The molecule has 0 aliphatic heterocycles. The molecule has 0 spiro atoms. The molecule has 3 N–H and O–H groups in total. The summed E-state index contributed by atoms with van der Waals surface area (Å²) in [5.41, 5.74) is 7.72. The summed E-state index contributed by atoms with van der Waals surface area (Å²) in [5.74, 6) is 0.652. The number of ether oxygens (including phenoxy) is 1. The van der Waals surface area contributed by atoms with Crippen molar-refractivity contribution in [1.82, 2.24) is 0 Å². The zero-order valence-electron chi connectivity index (χ0n) is 18.7. The van der Waals surface area contributed by atoms with Gasteiger partial charge in [-0.15, -0.1) is 0 Å². The molecule has 164 valence electrons. The molecule has 1 heterocycles. The van der Waals surface area contributed by atoms with Crippen molar-refractivity contribution in [2.24, 2.45) is 11.7 Å². The molecule has 0 aliphatic carbocycles. The lowest BCUT2D eigenvalue weighted by Gasteiger charge is -2.19. The number of carbonyl (C=O) groups is 1. The van der Waals surface area contributed by atoms with Crippen molar-refractivity contribution in [2.75, 3.05) is 12.4 Å². The third kappa shape index (κ3) is 5.14. The zero-order chi connectivity index (χ0) is 22.8. The molecule has 1 amide bonds. The lowest BCUT2D eigenvalue weighted by molar-refractivity contribution is 0.102. The number of anilines is 1. The van der Waals surface area contributed by atoms with Gasteiger partial charge in [0.2, 0.25) is 0 Å². The summed E-state index contributed by atoms with van der Waals surface area (Å²) in [6.45, 7) is 8.09. The molecule has 0 atom stereocenters. The number of fused-ring (bicyclic) bond motifs is 1. The van der Waals surface area contributed by atoms with E-state index >= 15 is 0 Å². The second-order valence-corrected chi connectivity index (χ2v) is 8.80. The van der Waals surface area contributed by atoms with E-state index in [1.54, 1.807) is 31.4 Å². The fourth-order valence-electron chi connectivity index (χ4n) is 3.42. The van der Waals surface area contributed by atoms with Crippen LogP contribution in [0.5, 0.6) is 5.75 Å². The lowest BCUT2D eigenvalue weighted by Crippen LogP contribution is -2.28. The van der Waals surface area contributed by atoms with Gasteiger partial charge >= 0.3 is 5.63 Å². The van der Waals surface area contributed by atoms with Crippen LogP contribution in [0, 0.1) is 5.92 Å². The minimum atomic E-state index is -0.677. The van der Waals surface area contributed by atoms with Crippen molar-refractivity contribution < 1.29 is 13.9 Å². The van der Waals surface area contributed by atoms with E-state index in [0.29, 0.717) is 28.3 Å². The molecule has 0 unspecified atom stereocenters. The summed E-state index contributed by atoms with van der Waals surface area (Å²) in [6.07, 6.45) is 1.65. The molecule has 31 heavy (non-hydrogen) atoms. The van der Waals surface area contributed by atoms with Crippen molar-refractivity contribution >= 4 is 22.6 Å². The Morgan fingerprint density at radius 1 is 1.16 bits per heavy atom. The quantitative estimate of drug-likeness (QED) is 0.532. The van der Waals surface area contributed by atoms with Crippen LogP contribution < -0.4 is 21.4 Å². The zero-order valence-corrected chi connectivity index (χ0v) is 18.7. The van der Waals surface area contributed by atoms with E-state index < -0.39 is 17.1 Å². The Bertz CT molecular complexity index is 1140. The van der Waals surface area contributed by atoms with Crippen LogP contribution in [0.4, 0.5) is 5.69 Å². The molecule has 0 saturated heterocycles. The van der Waals surface area contributed by atoms with Crippen LogP contribution >= 0.6 is 0 Å². The van der Waals surface area contributed by atoms with Gasteiger partial charge in [-0.2, -0.15) is 0 Å². The van der Waals surface area contributed by atoms with E-state index in [2.05, 4.69) is 19.2 Å². The molecular formula is C25H30N2O4. The van der Waals surface area contributed by atoms with E-state index in [1.807, 2.05) is 32.0 Å². The molecule has 6 heteroatoms. The van der Waals surface area contributed by atoms with Crippen LogP contribution in [-0.4, -0.2) is 13.0 Å². The predicted octanol–water partition coefficient (Wildman–Crippen LogP) is 4.84. The van der Waals surface area contributed by atoms with Gasteiger partial charge in [-0.25, -0.2) is 4.79 Å². The highest BCUT2D eigenvalue weighted by atomic mass is 16.5. The number of nitrogens with two attached hydrogens (primary N) is 1. The minimum absolute atomic E-state index is 0.0456. The van der Waals surface area contributed by atoms with Gasteiger partial charge in [0.15, 0.2) is 0 Å². The largest absolute Gasteiger partial charge is 0.496 e. The van der Waals surface area contributed by atoms with E-state index in [4.69, 9.17) is 14.9 Å². The molecule has 3 rings (SSSR count). The van der Waals surface area contributed by atoms with Crippen LogP contribution in [0.1, 0.15) is 55.6 Å². The fraction of sp³-hybridized carbons (Fsp3) is 0.360. The Hall–Kier alpha value is -3.12. The topological polar surface area (TPSA) is 94.6 Å². The number of rotatable bonds is 7. The molecule has 0 saturated carbocycles. The maximum atomic E-state index is 12.8. The summed E-state index contributed by atoms with van der Waals surface area (Å²) < 4.78 is 11.1. The van der Waals surface area contributed by atoms with Crippen molar-refractivity contribution in [3.05, 3.63) is 69.6 Å². The van der Waals surface area contributed by atoms with Crippen LogP contribution in [-0.2, 0) is 12.0 Å². The number of carbonyl (C=O) groups excluding carboxylic acids is 1. The normalized spacial score (nSPS) is 11.7. The Labute approximate surface area is 182 Å². The van der Waals surface area contributed by atoms with Gasteiger partial charge < -0.3 is 20.2 Å². The molecule has 0 fully saturated rings. The minimum Gasteiger partial charge on any atom is -0.496 e. The molecule has 1 aromatic heterocycles. The molecule has 0 aliphatic rings. The van der Waals surface area contributed by atoms with Crippen LogP contribution in [0.25, 0.3) is 11.0 Å². The van der Waals surface area contributed by atoms with Gasteiger partial charge in [0, 0.05) is 22.2 Å². The Balaban J connectivity index is 1.93. The second kappa shape index (κ2) is 8.94. The summed E-state index contributed by atoms with van der Waals surface area (Å²) in [5, 5.41) is 3.44. The molecule has 3 aromatic rings. The SMILES string of the molecule is COc1ccc2cc(C(=O)Nc3ccc(C(C)(C)N)cc3)c(=O)oc2c1CCC(C)C. The van der Waals surface area contributed by atoms with Gasteiger partial charge in [0.05, 0.1) is 7.11 Å². The highest BCUT2D eigenvalue weighted by Gasteiger charge is 2.19. The number of hydrogen-bond donors (Lipinski definition) is 2. The van der Waals surface area contributed by atoms with E-state index in [-0.39, 0.29) is 5.56 Å². The maximum absolute atomic E-state index is 12.8. The van der Waals surface area contributed by atoms with Gasteiger partial charge in [0.1, 0.15) is 16.9 Å². The van der Waals surface area contributed by atoms with Crippen LogP contribution in [0.15, 0.2) is 51.7 Å². The van der Waals surface area contributed by atoms with E-state index in [0.717, 1.165) is 24.0 Å². The van der Waals surface area contributed by atoms with Gasteiger partial charge in [-0.1, -0.05) is 26.0 Å². The smallest absolute Gasteiger partial charge is 0.349 e. The fourth-order valence-corrected chi connectivity index (χ4v) is 3.42. The lowest BCUT2D eigenvalue weighted by atomic mass is 9.95. The summed E-state index contributed by atoms with van der Waals surface area (Å²) in [4.78, 5) is 25.4. The summed E-state index contributed by atoms with van der Waals surface area (Å²) >= 11 is 0. The molecule has 0 bridgehead atoms. The third-order valence-electron chi connectivity index (χ3n) is 5.29. The Morgan fingerprint density at radius 3 is 2.42 bits per heavy atom. The first-order chi connectivity index (χ1) is 14.6. The second-order valence-electron chi connectivity index (χ2n) is 8.80. The number of benzene rings is 2. The number of nitrogens with one attached hydrogen (secondary N) is 1. The number of aryl methyl sites for hydroxylation is 1. The van der Waals surface area contributed by atoms with E-state index in [1.165, 1.54) is 0 Å². The predicted molar refractivity (Wildman–Crippen MR) is 124 cm³/mol. The van der Waals surface area contributed by atoms with Crippen LogP contribution in [0.3, 0.4) is 0 Å². The highest BCUT2D eigenvalue weighted by molar-refractivity contribution is 6.05. The number of hydrogen-bond acceptors (Lipinski definition) is 5. The van der Waals surface area contributed by atoms with Crippen molar-refractivity contribution in [3.8, 4) is 5.75 Å². The maximum Gasteiger partial charge on any atom is 0.349 e. The van der Waals surface area contributed by atoms with Crippen molar-refractivity contribution in [2.45, 2.75) is 46.1 Å². The first-order valence-corrected chi connectivity index (χ1v) is 10.4. The first-order valence-electron chi connectivity index (χ1n) is 10.4. The standard InChI is InChI=1S/C25H30N2O4/c1-15(2)6-12-19-21(30-5)13-7-16-14-20(24(29)31-22(16)19)23(28)27-18-10-8-17(9-11-18)25(3,4)26/h7-11,13-15H,6,12,26H2,1-5H3,(H,27,28). The first kappa shape index (κ1) is 22.6. The molecule has 6 nitrogen and oxygen atoms in total. The summed E-state index contributed by atoms with van der Waals surface area (Å²) in [7, 11) is 1.59. The van der Waals surface area contributed by atoms with E-state index in [9.17, 15) is 9.59 Å². The molecular weight excluding hydrogens is 392 g/mol. The van der Waals surface area contributed by atoms with Crippen LogP contribution in [0.2, 0.25) is 0 Å². The van der Waals surface area contributed by atoms with Gasteiger partial charge in [-0.3, -0.25) is 4.79 Å². The monoisotopic (exact) mass is 422 g/mol. The average Bonchev–Trinajstić information content (AvgIpc) is 2.71. The third-order valence-corrected chi connectivity index (χ3v) is 5.29. The average molecular weight is 423 g/mol. The molecule has 2 aromatic carbocycles. The molecule has 0 radical (unpaired) electrons. The van der Waals surface area contributed by atoms with Crippen molar-refractivity contribution in [3.63, 3.8) is 0 Å². The number of methoxy groups -OCH3 is 1. The Morgan fingerprint density at radius 2 is 1.84 bits per heavy atom. The van der Waals surface area contributed by atoms with Crippen molar-refractivity contribution in [1.29, 1.82) is 0 Å². The van der Waals surface area contributed by atoms with Gasteiger partial charge in [-0.05, 0) is 68.5 Å². The highest BCUT2D eigenvalue weighted by Crippen LogP contribution is 2.30. The Kier molecular flexibility index (Phi) is 6.51. The van der Waals surface area contributed by atoms with Gasteiger partial charge in [0.25, 0.3) is 5.91 Å². The summed E-state index contributed by atoms with van der Waals surface area (Å²) in [6, 6.07) is 12.4.